The molecule has 1 aliphatic rings. The molecule has 1 fully saturated rings. The number of hydrogen-bond donors (Lipinski definition) is 1. The quantitative estimate of drug-likeness (QED) is 0.297. The zero-order chi connectivity index (χ0) is 28.7. The van der Waals surface area contributed by atoms with Crippen LogP contribution in [-0.2, 0) is 12.1 Å². The Morgan fingerprint density at radius 3 is 2.59 bits per heavy atom. The van der Waals surface area contributed by atoms with Crippen molar-refractivity contribution < 1.29 is 9.21 Å². The van der Waals surface area contributed by atoms with E-state index in [1.165, 1.54) is 6.07 Å². The Balaban J connectivity index is 1.14. The smallest absolute Gasteiger partial charge is 0.254 e. The Bertz CT molecular complexity index is 1780. The fraction of sp³-hybridized carbons (Fsp3) is 0.300. The number of aryl methyl sites for hydroxylation is 1. The Hall–Kier alpha value is -4.09. The van der Waals surface area contributed by atoms with E-state index in [9.17, 15) is 9.59 Å². The number of fused-ring (bicyclic) bond motifs is 1. The monoisotopic (exact) mass is 615 g/mol. The van der Waals surface area contributed by atoms with Gasteiger partial charge in [0.2, 0.25) is 11.4 Å². The van der Waals surface area contributed by atoms with E-state index in [-0.39, 0.29) is 11.5 Å². The predicted octanol–water partition coefficient (Wildman–Crippen LogP) is 4.59. The third kappa shape index (κ3) is 5.34. The minimum Gasteiger partial charge on any atom is -0.441 e. The molecule has 0 unspecified atom stereocenters. The number of nitrogens with zero attached hydrogens (tertiary/aromatic N) is 6. The summed E-state index contributed by atoms with van der Waals surface area (Å²) in [5.74, 6) is 1.20. The molecular formula is C30H30BrN7O3. The lowest BCUT2D eigenvalue weighted by molar-refractivity contribution is 0.0379. The van der Waals surface area contributed by atoms with Crippen LogP contribution in [0.25, 0.3) is 22.4 Å². The topological polar surface area (TPSA) is 113 Å². The summed E-state index contributed by atoms with van der Waals surface area (Å²) in [5.41, 5.74) is 2.95. The number of halogens is 1. The average Bonchev–Trinajstić information content (AvgIpc) is 3.60. The zero-order valence-electron chi connectivity index (χ0n) is 23.1. The molecule has 6 rings (SSSR count). The maximum Gasteiger partial charge on any atom is 0.254 e. The third-order valence-electron chi connectivity index (χ3n) is 7.78. The molecule has 4 heterocycles. The number of carbonyl (C=O) groups is 1. The molecule has 1 amide bonds. The lowest BCUT2D eigenvalue weighted by Crippen LogP contribution is -2.54. The van der Waals surface area contributed by atoms with E-state index in [0.29, 0.717) is 49.7 Å². The van der Waals surface area contributed by atoms with E-state index in [0.717, 1.165) is 32.6 Å². The van der Waals surface area contributed by atoms with Gasteiger partial charge in [-0.3, -0.25) is 14.5 Å². The molecule has 0 bridgehead atoms. The Kier molecular flexibility index (Phi) is 7.08. The number of pyridine rings is 1. The highest BCUT2D eigenvalue weighted by atomic mass is 79.9. The Morgan fingerprint density at radius 2 is 1.83 bits per heavy atom. The standard InChI is InChI=1S/C30H30BrN7O3/c1-19-25(33-28(41-19)20-7-5-4-6-8-20)17-38-18-26(34-35-38)30(2,3)37-13-11-36(12-14-37)29(40)23-16-27(39)32-24-10-9-21(31)15-22(23)24/h4-10,15-16,18H,11-14,17H2,1-3H3,(H,32,39). The van der Waals surface area contributed by atoms with E-state index in [1.54, 1.807) is 10.7 Å². The molecular weight excluding hydrogens is 586 g/mol. The number of rotatable bonds is 6. The third-order valence-corrected chi connectivity index (χ3v) is 8.28. The number of H-pyrrole nitrogens is 1. The van der Waals surface area contributed by atoms with Gasteiger partial charge in [-0.1, -0.05) is 39.3 Å². The summed E-state index contributed by atoms with van der Waals surface area (Å²) in [6, 6.07) is 16.7. The van der Waals surface area contributed by atoms with E-state index in [2.05, 4.69) is 55.0 Å². The first-order valence-electron chi connectivity index (χ1n) is 13.5. The number of carbonyl (C=O) groups excluding carboxylic acids is 1. The van der Waals surface area contributed by atoms with Crippen LogP contribution in [0.4, 0.5) is 0 Å². The van der Waals surface area contributed by atoms with Crippen LogP contribution in [0.1, 0.15) is 41.4 Å². The molecule has 0 spiro atoms. The van der Waals surface area contributed by atoms with Gasteiger partial charge in [0.05, 0.1) is 23.8 Å². The van der Waals surface area contributed by atoms with Gasteiger partial charge in [-0.2, -0.15) is 0 Å². The van der Waals surface area contributed by atoms with Crippen molar-refractivity contribution in [1.29, 1.82) is 0 Å². The summed E-state index contributed by atoms with van der Waals surface area (Å²) in [5, 5.41) is 9.60. The number of nitrogens with one attached hydrogen (secondary N) is 1. The second kappa shape index (κ2) is 10.7. The molecule has 0 aliphatic carbocycles. The minimum atomic E-state index is -0.400. The fourth-order valence-electron chi connectivity index (χ4n) is 5.29. The Labute approximate surface area is 245 Å². The second-order valence-corrected chi connectivity index (χ2v) is 11.7. The fourth-order valence-corrected chi connectivity index (χ4v) is 5.65. The van der Waals surface area contributed by atoms with Gasteiger partial charge >= 0.3 is 0 Å². The maximum atomic E-state index is 13.5. The molecule has 1 N–H and O–H groups in total. The number of aromatic amines is 1. The van der Waals surface area contributed by atoms with Gasteiger partial charge in [0.25, 0.3) is 5.91 Å². The van der Waals surface area contributed by atoms with Crippen LogP contribution in [0.2, 0.25) is 0 Å². The molecule has 210 valence electrons. The second-order valence-electron chi connectivity index (χ2n) is 10.8. The van der Waals surface area contributed by atoms with Crippen LogP contribution in [0.5, 0.6) is 0 Å². The summed E-state index contributed by atoms with van der Waals surface area (Å²) in [6.07, 6.45) is 1.95. The van der Waals surface area contributed by atoms with Crippen LogP contribution in [0.3, 0.4) is 0 Å². The van der Waals surface area contributed by atoms with Crippen LogP contribution < -0.4 is 5.56 Å². The van der Waals surface area contributed by atoms with Gasteiger partial charge in [-0.25, -0.2) is 9.67 Å². The summed E-state index contributed by atoms with van der Waals surface area (Å²) in [4.78, 5) is 37.4. The van der Waals surface area contributed by atoms with Crippen LogP contribution in [0.15, 0.2) is 74.5 Å². The zero-order valence-corrected chi connectivity index (χ0v) is 24.7. The van der Waals surface area contributed by atoms with Crippen molar-refractivity contribution in [3.05, 3.63) is 98.3 Å². The number of oxazole rings is 1. The first kappa shape index (κ1) is 27.1. The highest BCUT2D eigenvalue weighted by Crippen LogP contribution is 2.29. The van der Waals surface area contributed by atoms with Crippen molar-refractivity contribution in [3.63, 3.8) is 0 Å². The average molecular weight is 617 g/mol. The molecule has 1 saturated heterocycles. The number of hydrogen-bond acceptors (Lipinski definition) is 7. The van der Waals surface area contributed by atoms with Gasteiger partial charge in [0.1, 0.15) is 17.1 Å². The highest BCUT2D eigenvalue weighted by molar-refractivity contribution is 9.10. The summed E-state index contributed by atoms with van der Waals surface area (Å²) in [6.45, 7) is 9.01. The lowest BCUT2D eigenvalue weighted by Gasteiger charge is -2.43. The molecule has 0 saturated carbocycles. The van der Waals surface area contributed by atoms with Crippen molar-refractivity contribution in [2.75, 3.05) is 26.2 Å². The van der Waals surface area contributed by atoms with E-state index in [4.69, 9.17) is 4.42 Å². The molecule has 0 radical (unpaired) electrons. The first-order valence-corrected chi connectivity index (χ1v) is 14.3. The molecule has 0 atom stereocenters. The van der Waals surface area contributed by atoms with Crippen molar-refractivity contribution in [3.8, 4) is 11.5 Å². The minimum absolute atomic E-state index is 0.138. The van der Waals surface area contributed by atoms with E-state index < -0.39 is 5.54 Å². The van der Waals surface area contributed by atoms with E-state index >= 15 is 0 Å². The van der Waals surface area contributed by atoms with Gasteiger partial charge in [-0.15, -0.1) is 5.10 Å². The molecule has 1 aliphatic heterocycles. The van der Waals surface area contributed by atoms with Crippen LogP contribution in [-0.4, -0.2) is 66.8 Å². The predicted molar refractivity (Wildman–Crippen MR) is 159 cm³/mol. The molecule has 5 aromatic rings. The number of benzene rings is 2. The molecule has 3 aromatic heterocycles. The highest BCUT2D eigenvalue weighted by Gasteiger charge is 2.35. The Morgan fingerprint density at radius 1 is 1.07 bits per heavy atom. The molecule has 2 aromatic carbocycles. The molecule has 11 heteroatoms. The summed E-state index contributed by atoms with van der Waals surface area (Å²) >= 11 is 3.47. The SMILES string of the molecule is Cc1oc(-c2ccccc2)nc1Cn1cc(C(C)(C)N2CCN(C(=O)c3cc(=O)[nH]c4ccc(Br)cc34)CC2)nn1. The summed E-state index contributed by atoms with van der Waals surface area (Å²) < 4.78 is 8.54. The van der Waals surface area contributed by atoms with Crippen LogP contribution >= 0.6 is 15.9 Å². The largest absolute Gasteiger partial charge is 0.441 e. The molecule has 10 nitrogen and oxygen atoms in total. The number of piperazine rings is 1. The number of amides is 1. The van der Waals surface area contributed by atoms with Crippen molar-refractivity contribution in [1.82, 2.24) is 34.8 Å². The first-order chi connectivity index (χ1) is 19.7. The van der Waals surface area contributed by atoms with Crippen molar-refractivity contribution >= 4 is 32.7 Å². The van der Waals surface area contributed by atoms with Crippen molar-refractivity contribution in [2.45, 2.75) is 32.9 Å². The number of aromatic nitrogens is 5. The maximum absolute atomic E-state index is 13.5. The van der Waals surface area contributed by atoms with E-state index in [1.807, 2.05) is 60.5 Å². The van der Waals surface area contributed by atoms with Crippen molar-refractivity contribution in [2.24, 2.45) is 0 Å². The molecule has 41 heavy (non-hydrogen) atoms. The lowest BCUT2D eigenvalue weighted by atomic mass is 9.97. The summed E-state index contributed by atoms with van der Waals surface area (Å²) in [7, 11) is 0. The van der Waals surface area contributed by atoms with Crippen LogP contribution in [0, 0.1) is 6.92 Å². The van der Waals surface area contributed by atoms with Gasteiger partial charge < -0.3 is 14.3 Å². The normalized spacial score (nSPS) is 14.6. The van der Waals surface area contributed by atoms with Gasteiger partial charge in [0, 0.05) is 53.2 Å². The van der Waals surface area contributed by atoms with Gasteiger partial charge in [-0.05, 0) is 51.1 Å². The van der Waals surface area contributed by atoms with Gasteiger partial charge in [0.15, 0.2) is 0 Å².